The van der Waals surface area contributed by atoms with E-state index in [1.165, 1.54) is 18.3 Å². The summed E-state index contributed by atoms with van der Waals surface area (Å²) in [6.07, 6.45) is 1.77. The van der Waals surface area contributed by atoms with Crippen molar-refractivity contribution >= 4 is 76.5 Å². The molecule has 4 rings (SSSR count). The van der Waals surface area contributed by atoms with Crippen LogP contribution in [0, 0.1) is 11.8 Å². The van der Waals surface area contributed by atoms with Crippen molar-refractivity contribution < 1.29 is 43.5 Å². The number of rotatable bonds is 16. The lowest BCUT2D eigenvalue weighted by Crippen LogP contribution is -2.13. The average molecular weight is 694 g/mol. The van der Waals surface area contributed by atoms with Gasteiger partial charge in [0.1, 0.15) is 0 Å². The number of carboxylic acid groups (broad SMARTS) is 2. The van der Waals surface area contributed by atoms with Crippen LogP contribution in [0.25, 0.3) is 20.2 Å². The van der Waals surface area contributed by atoms with Crippen molar-refractivity contribution in [3.8, 4) is 23.0 Å². The number of carboxylic acids is 2. The molecule has 2 aromatic heterocycles. The molecular weight excluding hydrogens is 660 g/mol. The minimum atomic E-state index is -1.00. The van der Waals surface area contributed by atoms with Gasteiger partial charge in [0, 0.05) is 44.6 Å². The van der Waals surface area contributed by atoms with E-state index in [9.17, 15) is 14.4 Å². The van der Waals surface area contributed by atoms with Crippen molar-refractivity contribution in [2.75, 3.05) is 27.4 Å². The third kappa shape index (κ3) is 7.79. The Morgan fingerprint density at radius 3 is 2.19 bits per heavy atom. The number of methoxy groups -OCH3 is 2. The molecule has 230 valence electrons. The summed E-state index contributed by atoms with van der Waals surface area (Å²) in [5, 5.41) is 20.1. The van der Waals surface area contributed by atoms with E-state index in [2.05, 4.69) is 22.0 Å². The van der Waals surface area contributed by atoms with E-state index in [-0.39, 0.29) is 12.2 Å². The summed E-state index contributed by atoms with van der Waals surface area (Å²) in [5.74, 6) is -0.910. The Labute approximate surface area is 265 Å². The summed E-state index contributed by atoms with van der Waals surface area (Å²) >= 11 is 6.52. The Bertz CT molecular complexity index is 1640. The van der Waals surface area contributed by atoms with Crippen molar-refractivity contribution in [2.45, 2.75) is 39.5 Å². The highest BCUT2D eigenvalue weighted by molar-refractivity contribution is 9.10. The molecule has 9 nitrogen and oxygen atoms in total. The van der Waals surface area contributed by atoms with Gasteiger partial charge in [0.25, 0.3) is 0 Å². The quantitative estimate of drug-likeness (QED) is 0.0897. The summed E-state index contributed by atoms with van der Waals surface area (Å²) in [7, 11) is 3.14. The van der Waals surface area contributed by atoms with Gasteiger partial charge in [-0.05, 0) is 52.4 Å². The van der Waals surface area contributed by atoms with E-state index >= 15 is 0 Å². The minimum Gasteiger partial charge on any atom is -0.493 e. The second kappa shape index (κ2) is 14.4. The van der Waals surface area contributed by atoms with E-state index in [1.807, 2.05) is 18.2 Å². The van der Waals surface area contributed by atoms with Crippen LogP contribution in [0.15, 0.2) is 34.8 Å². The van der Waals surface area contributed by atoms with Crippen molar-refractivity contribution in [3.63, 3.8) is 0 Å². The summed E-state index contributed by atoms with van der Waals surface area (Å²) in [6, 6.07) is 9.51. The third-order valence-electron chi connectivity index (χ3n) is 6.98. The van der Waals surface area contributed by atoms with Gasteiger partial charge in [-0.3, -0.25) is 14.4 Å². The first-order chi connectivity index (χ1) is 20.5. The normalized spacial score (nSPS) is 12.7. The van der Waals surface area contributed by atoms with Crippen molar-refractivity contribution in [2.24, 2.45) is 11.8 Å². The number of carbonyl (C=O) groups excluding carboxylic acids is 1. The Morgan fingerprint density at radius 2 is 1.51 bits per heavy atom. The maximum Gasteiger partial charge on any atom is 0.306 e. The van der Waals surface area contributed by atoms with Crippen LogP contribution in [0.2, 0.25) is 0 Å². The lowest BCUT2D eigenvalue weighted by Gasteiger charge is -2.14. The molecule has 0 aliphatic heterocycles. The fourth-order valence-electron chi connectivity index (χ4n) is 4.38. The summed E-state index contributed by atoms with van der Waals surface area (Å²) < 4.78 is 25.8. The van der Waals surface area contributed by atoms with Gasteiger partial charge < -0.3 is 29.2 Å². The van der Waals surface area contributed by atoms with Gasteiger partial charge in [0.2, 0.25) is 0 Å². The topological polar surface area (TPSA) is 129 Å². The molecule has 0 fully saturated rings. The van der Waals surface area contributed by atoms with Crippen LogP contribution in [-0.4, -0.2) is 55.4 Å². The number of aliphatic carboxylic acids is 2. The first-order valence-corrected chi connectivity index (χ1v) is 16.1. The number of halogens is 1. The largest absolute Gasteiger partial charge is 0.493 e. The molecule has 2 atom stereocenters. The summed E-state index contributed by atoms with van der Waals surface area (Å²) in [6.45, 7) is 3.94. The van der Waals surface area contributed by atoms with Gasteiger partial charge in [0.05, 0.1) is 48.6 Å². The number of hydrogen-bond donors (Lipinski definition) is 2. The van der Waals surface area contributed by atoms with E-state index < -0.39 is 23.8 Å². The zero-order chi connectivity index (χ0) is 31.3. The van der Waals surface area contributed by atoms with Crippen LogP contribution < -0.4 is 18.9 Å². The van der Waals surface area contributed by atoms with Gasteiger partial charge in [-0.25, -0.2) is 0 Å². The molecule has 0 amide bonds. The summed E-state index contributed by atoms with van der Waals surface area (Å²) in [4.78, 5) is 36.6. The van der Waals surface area contributed by atoms with E-state index in [0.717, 1.165) is 25.0 Å². The van der Waals surface area contributed by atoms with Crippen molar-refractivity contribution in [1.29, 1.82) is 0 Å². The average Bonchev–Trinajstić information content (AvgIpc) is 3.59. The predicted octanol–water partition coefficient (Wildman–Crippen LogP) is 7.69. The number of hydrogen-bond acceptors (Lipinski definition) is 9. The van der Waals surface area contributed by atoms with Gasteiger partial charge in [-0.2, -0.15) is 0 Å². The van der Waals surface area contributed by atoms with E-state index in [4.69, 9.17) is 29.2 Å². The number of thiophene rings is 2. The SMILES string of the molecule is COc1cc2sc(CC[C@H](C)C(=O)O)cc2cc1OCCCOc1c(OC)cc2sc(C(=O)C[C@H](C)C(=O)O)cc2c1Br. The highest BCUT2D eigenvalue weighted by Crippen LogP contribution is 2.44. The predicted molar refractivity (Wildman–Crippen MR) is 171 cm³/mol. The van der Waals surface area contributed by atoms with E-state index in [0.29, 0.717) is 64.8 Å². The molecule has 0 saturated carbocycles. The number of ether oxygens (including phenoxy) is 4. The zero-order valence-electron chi connectivity index (χ0n) is 24.2. The summed E-state index contributed by atoms with van der Waals surface area (Å²) in [5.41, 5.74) is 0. The number of aryl methyl sites for hydroxylation is 1. The number of Topliss-reactive ketones (excluding diaryl/α,β-unsaturated/α-hetero) is 1. The Hall–Kier alpha value is -3.35. The maximum absolute atomic E-state index is 12.7. The van der Waals surface area contributed by atoms with Gasteiger partial charge in [-0.15, -0.1) is 22.7 Å². The van der Waals surface area contributed by atoms with Crippen LogP contribution in [0.4, 0.5) is 0 Å². The van der Waals surface area contributed by atoms with Crippen LogP contribution in [-0.2, 0) is 16.0 Å². The van der Waals surface area contributed by atoms with Crippen LogP contribution >= 0.6 is 38.6 Å². The Balaban J connectivity index is 1.39. The number of benzene rings is 2. The molecule has 0 spiro atoms. The van der Waals surface area contributed by atoms with Gasteiger partial charge in [0.15, 0.2) is 28.8 Å². The number of carbonyl (C=O) groups is 3. The van der Waals surface area contributed by atoms with Crippen LogP contribution in [0.5, 0.6) is 23.0 Å². The smallest absolute Gasteiger partial charge is 0.306 e. The van der Waals surface area contributed by atoms with Crippen molar-refractivity contribution in [1.82, 2.24) is 0 Å². The number of fused-ring (bicyclic) bond motifs is 2. The van der Waals surface area contributed by atoms with Crippen molar-refractivity contribution in [3.05, 3.63) is 44.6 Å². The molecule has 0 bridgehead atoms. The fraction of sp³-hybridized carbons (Fsp3) is 0.387. The highest BCUT2D eigenvalue weighted by atomic mass is 79.9. The molecule has 0 aliphatic carbocycles. The molecule has 2 heterocycles. The molecule has 4 aromatic rings. The van der Waals surface area contributed by atoms with Gasteiger partial charge in [-0.1, -0.05) is 13.8 Å². The van der Waals surface area contributed by atoms with Crippen LogP contribution in [0.3, 0.4) is 0 Å². The molecule has 0 saturated heterocycles. The van der Waals surface area contributed by atoms with Crippen LogP contribution in [0.1, 0.15) is 47.7 Å². The maximum atomic E-state index is 12.7. The molecule has 0 radical (unpaired) electrons. The van der Waals surface area contributed by atoms with Gasteiger partial charge >= 0.3 is 11.9 Å². The third-order valence-corrected chi connectivity index (χ3v) is 10.1. The Morgan fingerprint density at radius 1 is 0.837 bits per heavy atom. The first-order valence-electron chi connectivity index (χ1n) is 13.7. The standard InChI is InChI=1S/C31H33BrO9S2/c1-16(30(34)35)6-7-19-11-18-12-23(22(38-3)14-25(18)42-19)40-8-5-9-41-29-24(39-4)15-26-20(28(29)32)13-27(43-26)21(33)10-17(2)31(36)37/h11-17H,5-10H2,1-4H3,(H,34,35)(H,36,37)/t16-,17-/m0/s1. The Kier molecular flexibility index (Phi) is 10.9. The minimum absolute atomic E-state index is 0.0718. The van der Waals surface area contributed by atoms with E-state index in [1.54, 1.807) is 38.5 Å². The molecule has 0 aliphatic rings. The first kappa shape index (κ1) is 32.6. The molecule has 2 N–H and O–H groups in total. The molecule has 12 heteroatoms. The second-order valence-corrected chi connectivity index (χ2v) is 13.2. The molecule has 0 unspecified atom stereocenters. The molecule has 43 heavy (non-hydrogen) atoms. The second-order valence-electron chi connectivity index (χ2n) is 10.2. The zero-order valence-corrected chi connectivity index (χ0v) is 27.4. The highest BCUT2D eigenvalue weighted by Gasteiger charge is 2.22. The lowest BCUT2D eigenvalue weighted by atomic mass is 10.0. The lowest BCUT2D eigenvalue weighted by molar-refractivity contribution is -0.142. The number of ketones is 1. The molecule has 2 aromatic carbocycles. The monoisotopic (exact) mass is 692 g/mol. The fourth-order valence-corrected chi connectivity index (χ4v) is 7.29. The molecular formula is C31H33BrO9S2.